The Hall–Kier alpha value is -2.54. The summed E-state index contributed by atoms with van der Waals surface area (Å²) in [7, 11) is 0. The molecular formula is C20H23FN4O2. The summed E-state index contributed by atoms with van der Waals surface area (Å²) < 4.78 is 18.9. The highest BCUT2D eigenvalue weighted by molar-refractivity contribution is 5.81. The molecular weight excluding hydrogens is 347 g/mol. The summed E-state index contributed by atoms with van der Waals surface area (Å²) in [6.07, 6.45) is 5.11. The van der Waals surface area contributed by atoms with Crippen LogP contribution in [0.4, 0.5) is 16.0 Å². The van der Waals surface area contributed by atoms with Crippen LogP contribution in [0.25, 0.3) is 0 Å². The van der Waals surface area contributed by atoms with Gasteiger partial charge in [-0.2, -0.15) is 0 Å². The Labute approximate surface area is 157 Å². The lowest BCUT2D eigenvalue weighted by Crippen LogP contribution is -2.44. The third kappa shape index (κ3) is 4.24. The molecule has 0 aliphatic carbocycles. The molecule has 1 N–H and O–H groups in total. The topological polar surface area (TPSA) is 67.3 Å². The Morgan fingerprint density at radius 2 is 2.19 bits per heavy atom. The van der Waals surface area contributed by atoms with Gasteiger partial charge in [-0.3, -0.25) is 4.79 Å². The first-order chi connectivity index (χ1) is 13.2. The van der Waals surface area contributed by atoms with Crippen molar-refractivity contribution in [2.75, 3.05) is 25.0 Å². The minimum atomic E-state index is -0.313. The molecule has 2 atom stereocenters. The summed E-state index contributed by atoms with van der Waals surface area (Å²) in [5.41, 5.74) is 1.50. The van der Waals surface area contributed by atoms with Gasteiger partial charge in [-0.15, -0.1) is 0 Å². The number of likely N-dealkylation sites (tertiary alicyclic amines) is 1. The molecule has 2 aromatic rings. The number of amides is 1. The van der Waals surface area contributed by atoms with E-state index in [1.165, 1.54) is 12.1 Å². The van der Waals surface area contributed by atoms with Gasteiger partial charge in [0.25, 0.3) is 5.91 Å². The number of carbonyl (C=O) groups is 1. The largest absolute Gasteiger partial charge is 0.368 e. The van der Waals surface area contributed by atoms with Crippen molar-refractivity contribution in [3.63, 3.8) is 0 Å². The average molecular weight is 370 g/mol. The molecule has 27 heavy (non-hydrogen) atoms. The number of hydrogen-bond donors (Lipinski definition) is 1. The average Bonchev–Trinajstić information content (AvgIpc) is 3.23. The molecule has 2 unspecified atom stereocenters. The SMILES string of the molecule is O=C(C1CCCO1)N1CCCC(c2ccnc(Nc3cccc(F)c3)n2)C1. The third-order valence-electron chi connectivity index (χ3n) is 5.11. The van der Waals surface area contributed by atoms with E-state index in [-0.39, 0.29) is 23.7 Å². The lowest BCUT2D eigenvalue weighted by molar-refractivity contribution is -0.142. The molecule has 2 fully saturated rings. The van der Waals surface area contributed by atoms with Crippen LogP contribution in [0.5, 0.6) is 0 Å². The van der Waals surface area contributed by atoms with Gasteiger partial charge in [0.2, 0.25) is 5.95 Å². The number of nitrogens with one attached hydrogen (secondary N) is 1. The van der Waals surface area contributed by atoms with Gasteiger partial charge < -0.3 is 15.0 Å². The Balaban J connectivity index is 1.45. The zero-order valence-corrected chi connectivity index (χ0v) is 15.1. The van der Waals surface area contributed by atoms with Crippen LogP contribution in [0.1, 0.15) is 37.3 Å². The number of benzene rings is 1. The molecule has 6 nitrogen and oxygen atoms in total. The second-order valence-corrected chi connectivity index (χ2v) is 7.07. The van der Waals surface area contributed by atoms with Crippen molar-refractivity contribution in [1.29, 1.82) is 0 Å². The van der Waals surface area contributed by atoms with Gasteiger partial charge in [-0.1, -0.05) is 6.07 Å². The lowest BCUT2D eigenvalue weighted by atomic mass is 9.94. The van der Waals surface area contributed by atoms with Gasteiger partial charge in [-0.25, -0.2) is 14.4 Å². The Bertz CT molecular complexity index is 810. The van der Waals surface area contributed by atoms with Gasteiger partial charge in [0.15, 0.2) is 0 Å². The molecule has 2 aliphatic heterocycles. The maximum atomic E-state index is 13.4. The summed E-state index contributed by atoms with van der Waals surface area (Å²) in [6, 6.07) is 8.09. The molecule has 1 aromatic heterocycles. The van der Waals surface area contributed by atoms with E-state index in [1.807, 2.05) is 11.0 Å². The minimum Gasteiger partial charge on any atom is -0.368 e. The fourth-order valence-electron chi connectivity index (χ4n) is 3.75. The van der Waals surface area contributed by atoms with Crippen molar-refractivity contribution in [2.45, 2.75) is 37.7 Å². The number of anilines is 2. The van der Waals surface area contributed by atoms with E-state index in [0.29, 0.717) is 24.8 Å². The van der Waals surface area contributed by atoms with Crippen LogP contribution in [0.2, 0.25) is 0 Å². The first-order valence-corrected chi connectivity index (χ1v) is 9.45. The molecule has 4 rings (SSSR count). The summed E-state index contributed by atoms with van der Waals surface area (Å²) in [6.45, 7) is 2.10. The van der Waals surface area contributed by atoms with Crippen LogP contribution >= 0.6 is 0 Å². The van der Waals surface area contributed by atoms with Crippen LogP contribution in [0.3, 0.4) is 0 Å². The molecule has 0 bridgehead atoms. The standard InChI is InChI=1S/C20H23FN4O2/c21-15-5-1-6-16(12-15)23-20-22-9-8-17(24-20)14-4-2-10-25(13-14)19(26)18-7-3-11-27-18/h1,5-6,8-9,12,14,18H,2-4,7,10-11,13H2,(H,22,23,24). The first kappa shape index (κ1) is 17.9. The Morgan fingerprint density at radius 3 is 3.00 bits per heavy atom. The second kappa shape index (κ2) is 8.00. The van der Waals surface area contributed by atoms with Crippen LogP contribution < -0.4 is 5.32 Å². The molecule has 2 aliphatic rings. The third-order valence-corrected chi connectivity index (χ3v) is 5.11. The van der Waals surface area contributed by atoms with E-state index >= 15 is 0 Å². The lowest BCUT2D eigenvalue weighted by Gasteiger charge is -2.33. The van der Waals surface area contributed by atoms with Gasteiger partial charge in [-0.05, 0) is 49.9 Å². The summed E-state index contributed by atoms with van der Waals surface area (Å²) >= 11 is 0. The van der Waals surface area contributed by atoms with Crippen molar-refractivity contribution in [1.82, 2.24) is 14.9 Å². The maximum absolute atomic E-state index is 13.4. The molecule has 2 saturated heterocycles. The molecule has 1 aromatic carbocycles. The van der Waals surface area contributed by atoms with Crippen molar-refractivity contribution < 1.29 is 13.9 Å². The minimum absolute atomic E-state index is 0.101. The van der Waals surface area contributed by atoms with E-state index in [0.717, 1.165) is 37.9 Å². The van der Waals surface area contributed by atoms with Gasteiger partial charge in [0.1, 0.15) is 11.9 Å². The predicted molar refractivity (Wildman–Crippen MR) is 99.2 cm³/mol. The molecule has 142 valence electrons. The Morgan fingerprint density at radius 1 is 1.26 bits per heavy atom. The number of ether oxygens (including phenoxy) is 1. The van der Waals surface area contributed by atoms with E-state index < -0.39 is 0 Å². The second-order valence-electron chi connectivity index (χ2n) is 7.07. The van der Waals surface area contributed by atoms with Crippen LogP contribution in [0, 0.1) is 5.82 Å². The van der Waals surface area contributed by atoms with Crippen molar-refractivity contribution in [3.05, 3.63) is 48.0 Å². The number of rotatable bonds is 4. The highest BCUT2D eigenvalue weighted by atomic mass is 19.1. The summed E-state index contributed by atoms with van der Waals surface area (Å²) in [5, 5.41) is 3.04. The predicted octanol–water partition coefficient (Wildman–Crippen LogP) is 3.24. The molecule has 0 radical (unpaired) electrons. The van der Waals surface area contributed by atoms with E-state index in [1.54, 1.807) is 18.3 Å². The summed E-state index contributed by atoms with van der Waals surface area (Å²) in [5.74, 6) is 0.386. The first-order valence-electron chi connectivity index (χ1n) is 9.45. The van der Waals surface area contributed by atoms with E-state index in [2.05, 4.69) is 15.3 Å². The number of aromatic nitrogens is 2. The quantitative estimate of drug-likeness (QED) is 0.895. The monoisotopic (exact) mass is 370 g/mol. The van der Waals surface area contributed by atoms with Gasteiger partial charge in [0, 0.05) is 37.5 Å². The highest BCUT2D eigenvalue weighted by Gasteiger charge is 2.32. The molecule has 0 spiro atoms. The summed E-state index contributed by atoms with van der Waals surface area (Å²) in [4.78, 5) is 23.4. The maximum Gasteiger partial charge on any atom is 0.251 e. The van der Waals surface area contributed by atoms with E-state index in [9.17, 15) is 9.18 Å². The zero-order valence-electron chi connectivity index (χ0n) is 15.1. The number of hydrogen-bond acceptors (Lipinski definition) is 5. The Kier molecular flexibility index (Phi) is 5.29. The van der Waals surface area contributed by atoms with Crippen LogP contribution in [0.15, 0.2) is 36.5 Å². The zero-order chi connectivity index (χ0) is 18.6. The smallest absolute Gasteiger partial charge is 0.251 e. The fourth-order valence-corrected chi connectivity index (χ4v) is 3.75. The fraction of sp³-hybridized carbons (Fsp3) is 0.450. The molecule has 1 amide bonds. The van der Waals surface area contributed by atoms with Crippen molar-refractivity contribution >= 4 is 17.5 Å². The van der Waals surface area contributed by atoms with Crippen molar-refractivity contribution in [3.8, 4) is 0 Å². The van der Waals surface area contributed by atoms with Crippen molar-refractivity contribution in [2.24, 2.45) is 0 Å². The highest BCUT2D eigenvalue weighted by Crippen LogP contribution is 2.28. The molecule has 0 saturated carbocycles. The number of nitrogens with zero attached hydrogens (tertiary/aromatic N) is 3. The normalized spacial score (nSPS) is 22.6. The number of halogens is 1. The molecule has 3 heterocycles. The van der Waals surface area contributed by atoms with Crippen LogP contribution in [-0.4, -0.2) is 46.6 Å². The number of carbonyl (C=O) groups excluding carboxylic acids is 1. The number of piperidine rings is 1. The van der Waals surface area contributed by atoms with E-state index in [4.69, 9.17) is 4.74 Å². The van der Waals surface area contributed by atoms with Crippen LogP contribution in [-0.2, 0) is 9.53 Å². The van der Waals surface area contributed by atoms with Gasteiger partial charge in [0.05, 0.1) is 5.69 Å². The van der Waals surface area contributed by atoms with Gasteiger partial charge >= 0.3 is 0 Å². The molecule has 7 heteroatoms.